The largest absolute Gasteiger partial charge is 0.444 e. The van der Waals surface area contributed by atoms with E-state index in [2.05, 4.69) is 5.32 Å². The number of ether oxygens (including phenoxy) is 1. The van der Waals surface area contributed by atoms with Crippen LogP contribution in [0.25, 0.3) is 0 Å². The van der Waals surface area contributed by atoms with Crippen LogP contribution in [-0.4, -0.2) is 35.7 Å². The van der Waals surface area contributed by atoms with Crippen molar-refractivity contribution < 1.29 is 13.9 Å². The third-order valence-corrected chi connectivity index (χ3v) is 4.31. The van der Waals surface area contributed by atoms with Crippen molar-refractivity contribution in [1.29, 1.82) is 0 Å². The predicted molar refractivity (Wildman–Crippen MR) is 88.8 cm³/mol. The molecule has 1 fully saturated rings. The van der Waals surface area contributed by atoms with Crippen molar-refractivity contribution in [3.05, 3.63) is 35.6 Å². The second-order valence-corrected chi connectivity index (χ2v) is 7.29. The van der Waals surface area contributed by atoms with Gasteiger partial charge in [0.2, 0.25) is 0 Å². The Morgan fingerprint density at radius 3 is 2.70 bits per heavy atom. The van der Waals surface area contributed by atoms with E-state index in [1.54, 1.807) is 24.1 Å². The van der Waals surface area contributed by atoms with Gasteiger partial charge in [0.05, 0.1) is 0 Å². The van der Waals surface area contributed by atoms with E-state index in [0.29, 0.717) is 0 Å². The summed E-state index contributed by atoms with van der Waals surface area (Å²) in [5.41, 5.74) is 0.456. The van der Waals surface area contributed by atoms with Crippen LogP contribution in [0, 0.1) is 5.82 Å². The highest BCUT2D eigenvalue weighted by atomic mass is 19.1. The first-order valence-electron chi connectivity index (χ1n) is 8.14. The molecule has 5 heteroatoms. The van der Waals surface area contributed by atoms with Gasteiger partial charge in [-0.1, -0.05) is 12.1 Å². The molecule has 128 valence electrons. The van der Waals surface area contributed by atoms with Gasteiger partial charge in [-0.15, -0.1) is 0 Å². The second-order valence-electron chi connectivity index (χ2n) is 7.29. The number of nitrogens with one attached hydrogen (secondary N) is 1. The lowest BCUT2D eigenvalue weighted by atomic mass is 10.0. The van der Waals surface area contributed by atoms with Crippen molar-refractivity contribution in [3.63, 3.8) is 0 Å². The molecule has 0 saturated carbocycles. The summed E-state index contributed by atoms with van der Waals surface area (Å²) in [6.45, 7) is 7.58. The summed E-state index contributed by atoms with van der Waals surface area (Å²) < 4.78 is 18.8. The van der Waals surface area contributed by atoms with Crippen molar-refractivity contribution in [1.82, 2.24) is 10.2 Å². The molecule has 0 radical (unpaired) electrons. The van der Waals surface area contributed by atoms with Gasteiger partial charge in [0.1, 0.15) is 11.4 Å². The van der Waals surface area contributed by atoms with E-state index in [4.69, 9.17) is 4.74 Å². The Morgan fingerprint density at radius 2 is 2.09 bits per heavy atom. The molecule has 1 N–H and O–H groups in total. The highest BCUT2D eigenvalue weighted by Gasteiger charge is 2.33. The monoisotopic (exact) mass is 322 g/mol. The third kappa shape index (κ3) is 4.67. The molecule has 1 heterocycles. The molecule has 23 heavy (non-hydrogen) atoms. The van der Waals surface area contributed by atoms with E-state index in [1.165, 1.54) is 6.07 Å². The molecule has 1 aromatic carbocycles. The summed E-state index contributed by atoms with van der Waals surface area (Å²) in [6.07, 6.45) is 1.55. The summed E-state index contributed by atoms with van der Waals surface area (Å²) in [7, 11) is 1.76. The van der Waals surface area contributed by atoms with E-state index < -0.39 is 5.60 Å². The number of carbonyl (C=O) groups excluding carboxylic acids is 1. The van der Waals surface area contributed by atoms with Crippen LogP contribution in [0.15, 0.2) is 24.3 Å². The van der Waals surface area contributed by atoms with Crippen LogP contribution in [0.5, 0.6) is 0 Å². The van der Waals surface area contributed by atoms with Gasteiger partial charge in [-0.25, -0.2) is 9.18 Å². The molecule has 0 unspecified atom stereocenters. The van der Waals surface area contributed by atoms with E-state index >= 15 is 0 Å². The minimum Gasteiger partial charge on any atom is -0.444 e. The molecular weight excluding hydrogens is 295 g/mol. The van der Waals surface area contributed by atoms with Gasteiger partial charge >= 0.3 is 6.09 Å². The fourth-order valence-electron chi connectivity index (χ4n) is 2.91. The van der Waals surface area contributed by atoms with Gasteiger partial charge in [-0.2, -0.15) is 0 Å². The first kappa shape index (κ1) is 17.7. The Hall–Kier alpha value is -1.62. The van der Waals surface area contributed by atoms with Gasteiger partial charge in [0.25, 0.3) is 0 Å². The van der Waals surface area contributed by atoms with Gasteiger partial charge in [-0.05, 0) is 58.2 Å². The molecule has 4 nitrogen and oxygen atoms in total. The highest BCUT2D eigenvalue weighted by Crippen LogP contribution is 2.29. The maximum atomic E-state index is 13.4. The van der Waals surface area contributed by atoms with Gasteiger partial charge in [0.15, 0.2) is 0 Å². The maximum Gasteiger partial charge on any atom is 0.410 e. The number of hydrogen-bond acceptors (Lipinski definition) is 3. The second kappa shape index (κ2) is 6.87. The van der Waals surface area contributed by atoms with Crippen LogP contribution in [0.3, 0.4) is 0 Å². The van der Waals surface area contributed by atoms with Crippen LogP contribution >= 0.6 is 0 Å². The molecule has 1 aliphatic rings. The molecule has 0 bridgehead atoms. The number of rotatable bonds is 3. The van der Waals surface area contributed by atoms with E-state index in [-0.39, 0.29) is 30.0 Å². The van der Waals surface area contributed by atoms with Crippen molar-refractivity contribution >= 4 is 6.09 Å². The zero-order chi connectivity index (χ0) is 17.2. The molecule has 0 spiro atoms. The number of likely N-dealkylation sites (N-methyl/N-ethyl adjacent to an activating group) is 1. The molecule has 1 aliphatic heterocycles. The molecular formula is C18H27FN2O2. The number of nitrogens with zero attached hydrogens (tertiary/aromatic N) is 1. The summed E-state index contributed by atoms with van der Waals surface area (Å²) >= 11 is 0. The molecule has 3 atom stereocenters. The Bertz CT molecular complexity index is 556. The summed E-state index contributed by atoms with van der Waals surface area (Å²) in [5.74, 6) is -0.216. The SMILES string of the molecule is C[C@@H]([C@H]1CC[C@@H](c2cccc(F)c2)N1)N(C)C(=O)OC(C)(C)C. The molecule has 1 aromatic rings. The lowest BCUT2D eigenvalue weighted by molar-refractivity contribution is 0.0208. The predicted octanol–water partition coefficient (Wildman–Crippen LogP) is 3.87. The number of carbonyl (C=O) groups is 1. The zero-order valence-corrected chi connectivity index (χ0v) is 14.6. The number of hydrogen-bond donors (Lipinski definition) is 1. The fourth-order valence-corrected chi connectivity index (χ4v) is 2.91. The maximum absolute atomic E-state index is 13.4. The molecule has 0 aromatic heterocycles. The van der Waals surface area contributed by atoms with Gasteiger partial charge < -0.3 is 15.0 Å². The molecule has 1 amide bonds. The first-order chi connectivity index (χ1) is 10.7. The number of halogens is 1. The normalized spacial score (nSPS) is 22.7. The Kier molecular flexibility index (Phi) is 5.30. The molecule has 0 aliphatic carbocycles. The fraction of sp³-hybridized carbons (Fsp3) is 0.611. The molecule has 2 rings (SSSR count). The number of benzene rings is 1. The first-order valence-corrected chi connectivity index (χ1v) is 8.14. The minimum absolute atomic E-state index is 0.00316. The van der Waals surface area contributed by atoms with Gasteiger partial charge in [-0.3, -0.25) is 0 Å². The minimum atomic E-state index is -0.502. The van der Waals surface area contributed by atoms with Crippen molar-refractivity contribution in [3.8, 4) is 0 Å². The van der Waals surface area contributed by atoms with Crippen molar-refractivity contribution in [2.45, 2.75) is 64.3 Å². The third-order valence-electron chi connectivity index (χ3n) is 4.31. The van der Waals surface area contributed by atoms with Crippen LogP contribution in [0.4, 0.5) is 9.18 Å². The zero-order valence-electron chi connectivity index (χ0n) is 14.6. The Balaban J connectivity index is 1.96. The van der Waals surface area contributed by atoms with Crippen LogP contribution in [-0.2, 0) is 4.74 Å². The lowest BCUT2D eigenvalue weighted by Gasteiger charge is -2.32. The smallest absolute Gasteiger partial charge is 0.410 e. The standard InChI is InChI=1S/C18H27FN2O2/c1-12(21(5)17(22)23-18(2,3)4)15-9-10-16(20-15)13-7-6-8-14(19)11-13/h6-8,11-12,15-16,20H,9-10H2,1-5H3/t12-,15+,16-/m0/s1. The average Bonchev–Trinajstić information content (AvgIpc) is 2.93. The average molecular weight is 322 g/mol. The molecule has 1 saturated heterocycles. The Labute approximate surface area is 138 Å². The van der Waals surface area contributed by atoms with Crippen molar-refractivity contribution in [2.75, 3.05) is 7.05 Å². The van der Waals surface area contributed by atoms with E-state index in [9.17, 15) is 9.18 Å². The van der Waals surface area contributed by atoms with Crippen LogP contribution < -0.4 is 5.32 Å². The quantitative estimate of drug-likeness (QED) is 0.918. The highest BCUT2D eigenvalue weighted by molar-refractivity contribution is 5.68. The van der Waals surface area contributed by atoms with E-state index in [0.717, 1.165) is 18.4 Å². The topological polar surface area (TPSA) is 41.6 Å². The van der Waals surface area contributed by atoms with Gasteiger partial charge in [0, 0.05) is 25.2 Å². The van der Waals surface area contributed by atoms with Crippen molar-refractivity contribution in [2.24, 2.45) is 0 Å². The summed E-state index contributed by atoms with van der Waals surface area (Å²) in [4.78, 5) is 13.8. The Morgan fingerprint density at radius 1 is 1.39 bits per heavy atom. The van der Waals surface area contributed by atoms with Crippen LogP contribution in [0.1, 0.15) is 52.1 Å². The number of amides is 1. The van der Waals surface area contributed by atoms with E-state index in [1.807, 2.05) is 33.8 Å². The summed E-state index contributed by atoms with van der Waals surface area (Å²) in [5, 5.41) is 3.52. The summed E-state index contributed by atoms with van der Waals surface area (Å²) in [6, 6.07) is 6.99. The lowest BCUT2D eigenvalue weighted by Crippen LogP contribution is -2.48. The van der Waals surface area contributed by atoms with Crippen LogP contribution in [0.2, 0.25) is 0 Å².